The smallest absolute Gasteiger partial charge is 0.178 e. The molecule has 4 aromatic carbocycles. The molecule has 5 rings (SSSR count). The van der Waals surface area contributed by atoms with Crippen molar-refractivity contribution in [3.63, 3.8) is 0 Å². The van der Waals surface area contributed by atoms with Crippen LogP contribution in [0.4, 0.5) is 0 Å². The number of Topliss-reactive ketones (excluding diaryl/α,β-unsaturated/α-hetero) is 2. The first kappa shape index (κ1) is 24.7. The maximum absolute atomic E-state index is 13.7. The third kappa shape index (κ3) is 4.71. The fourth-order valence-electron chi connectivity index (χ4n) is 4.72. The standard InChI is InChI=1S/C30H24O8/c31-18-5-3-17(4-6-18)30-28(29(37)22-10-8-20(33)15-26(22)36)23-13-16(2-12-27(23)38-30)1-11-24(34)21-9-7-19(32)14-25(21)35/h2-10,12-15,28,30-33,35-36H,1,11H2/t28-,30-/m0/s1. The average Bonchev–Trinajstić information content (AvgIpc) is 3.26. The fraction of sp³-hybridized carbons (Fsp3) is 0.133. The lowest BCUT2D eigenvalue weighted by Gasteiger charge is -2.19. The van der Waals surface area contributed by atoms with Gasteiger partial charge in [0.25, 0.3) is 0 Å². The molecule has 8 heteroatoms. The SMILES string of the molecule is O=C(CCc1ccc2c(c1)[C@@H](C(=O)c1ccc(O)cc1O)[C@H](c1ccc(O)cc1)O2)c1ccc(O)cc1O. The number of hydrogen-bond acceptors (Lipinski definition) is 8. The van der Waals surface area contributed by atoms with Gasteiger partial charge in [-0.05, 0) is 60.0 Å². The van der Waals surface area contributed by atoms with Crippen LogP contribution in [-0.4, -0.2) is 37.1 Å². The fourth-order valence-corrected chi connectivity index (χ4v) is 4.72. The Morgan fingerprint density at radius 3 is 1.92 bits per heavy atom. The molecule has 1 aliphatic rings. The molecule has 0 aromatic heterocycles. The lowest BCUT2D eigenvalue weighted by Crippen LogP contribution is -2.19. The highest BCUT2D eigenvalue weighted by molar-refractivity contribution is 6.04. The van der Waals surface area contributed by atoms with Crippen LogP contribution < -0.4 is 4.74 Å². The summed E-state index contributed by atoms with van der Waals surface area (Å²) >= 11 is 0. The molecular weight excluding hydrogens is 488 g/mol. The quantitative estimate of drug-likeness (QED) is 0.214. The minimum Gasteiger partial charge on any atom is -0.508 e. The van der Waals surface area contributed by atoms with Gasteiger partial charge in [-0.25, -0.2) is 0 Å². The van der Waals surface area contributed by atoms with E-state index in [-0.39, 0.29) is 52.1 Å². The van der Waals surface area contributed by atoms with E-state index in [9.17, 15) is 35.1 Å². The zero-order chi connectivity index (χ0) is 27.0. The van der Waals surface area contributed by atoms with Gasteiger partial charge < -0.3 is 30.3 Å². The van der Waals surface area contributed by atoms with Gasteiger partial charge in [-0.3, -0.25) is 9.59 Å². The summed E-state index contributed by atoms with van der Waals surface area (Å²) in [5.41, 5.74) is 2.12. The Labute approximate surface area is 217 Å². The number of rotatable bonds is 7. The maximum atomic E-state index is 13.7. The van der Waals surface area contributed by atoms with Gasteiger partial charge in [0.2, 0.25) is 0 Å². The van der Waals surface area contributed by atoms with Crippen molar-refractivity contribution < 1.29 is 39.9 Å². The molecule has 2 atom stereocenters. The van der Waals surface area contributed by atoms with Gasteiger partial charge in [-0.2, -0.15) is 0 Å². The zero-order valence-electron chi connectivity index (χ0n) is 20.0. The molecule has 0 bridgehead atoms. The minimum atomic E-state index is -0.846. The molecule has 8 nitrogen and oxygen atoms in total. The molecule has 0 saturated heterocycles. The van der Waals surface area contributed by atoms with Gasteiger partial charge >= 0.3 is 0 Å². The van der Waals surface area contributed by atoms with E-state index in [0.717, 1.165) is 17.7 Å². The van der Waals surface area contributed by atoms with Crippen LogP contribution in [0.3, 0.4) is 0 Å². The molecule has 0 amide bonds. The number of benzene rings is 4. The minimum absolute atomic E-state index is 0.0245. The first-order valence-corrected chi connectivity index (χ1v) is 11.9. The summed E-state index contributed by atoms with van der Waals surface area (Å²) in [5.74, 6) is -2.00. The van der Waals surface area contributed by atoms with Gasteiger partial charge in [-0.1, -0.05) is 24.3 Å². The van der Waals surface area contributed by atoms with E-state index >= 15 is 0 Å². The number of aromatic hydroxyl groups is 5. The van der Waals surface area contributed by atoms with Gasteiger partial charge in [0.1, 0.15) is 40.6 Å². The number of aryl methyl sites for hydroxylation is 1. The highest BCUT2D eigenvalue weighted by Crippen LogP contribution is 2.49. The van der Waals surface area contributed by atoms with Crippen LogP contribution in [0.1, 0.15) is 55.8 Å². The normalized spacial score (nSPS) is 16.0. The second-order valence-corrected chi connectivity index (χ2v) is 9.17. The van der Waals surface area contributed by atoms with Crippen LogP contribution in [0.25, 0.3) is 0 Å². The summed E-state index contributed by atoms with van der Waals surface area (Å²) in [7, 11) is 0. The van der Waals surface area contributed by atoms with E-state index < -0.39 is 17.8 Å². The molecule has 0 saturated carbocycles. The van der Waals surface area contributed by atoms with E-state index in [1.807, 2.05) is 0 Å². The number of phenolic OH excluding ortho intramolecular Hbond substituents is 5. The number of phenols is 5. The zero-order valence-corrected chi connectivity index (χ0v) is 20.0. The van der Waals surface area contributed by atoms with Crippen molar-refractivity contribution in [2.75, 3.05) is 0 Å². The molecule has 5 N–H and O–H groups in total. The van der Waals surface area contributed by atoms with Crippen molar-refractivity contribution in [3.05, 3.63) is 107 Å². The highest BCUT2D eigenvalue weighted by Gasteiger charge is 2.41. The third-order valence-corrected chi connectivity index (χ3v) is 6.64. The van der Waals surface area contributed by atoms with Crippen molar-refractivity contribution in [3.8, 4) is 34.5 Å². The van der Waals surface area contributed by atoms with Crippen LogP contribution in [0.2, 0.25) is 0 Å². The van der Waals surface area contributed by atoms with E-state index in [2.05, 4.69) is 0 Å². The average molecular weight is 513 g/mol. The van der Waals surface area contributed by atoms with Crippen molar-refractivity contribution in [1.29, 1.82) is 0 Å². The number of ketones is 2. The summed E-state index contributed by atoms with van der Waals surface area (Å²) in [6.45, 7) is 0. The molecule has 38 heavy (non-hydrogen) atoms. The van der Waals surface area contributed by atoms with Crippen LogP contribution >= 0.6 is 0 Å². The summed E-state index contributed by atoms with van der Waals surface area (Å²) in [6, 6.07) is 19.2. The lowest BCUT2D eigenvalue weighted by molar-refractivity contribution is 0.0892. The van der Waals surface area contributed by atoms with Crippen molar-refractivity contribution in [2.24, 2.45) is 0 Å². The summed E-state index contributed by atoms with van der Waals surface area (Å²) < 4.78 is 6.17. The van der Waals surface area contributed by atoms with E-state index in [4.69, 9.17) is 4.74 Å². The van der Waals surface area contributed by atoms with Crippen LogP contribution in [0.15, 0.2) is 78.9 Å². The lowest BCUT2D eigenvalue weighted by atomic mass is 9.83. The van der Waals surface area contributed by atoms with E-state index in [1.165, 1.54) is 36.4 Å². The number of ether oxygens (including phenoxy) is 1. The van der Waals surface area contributed by atoms with Crippen molar-refractivity contribution in [1.82, 2.24) is 0 Å². The van der Waals surface area contributed by atoms with E-state index in [1.54, 1.807) is 30.3 Å². The Hall–Kier alpha value is -4.98. The molecule has 0 spiro atoms. The van der Waals surface area contributed by atoms with E-state index in [0.29, 0.717) is 23.3 Å². The molecule has 0 radical (unpaired) electrons. The Kier molecular flexibility index (Phi) is 6.38. The predicted octanol–water partition coefficient (Wildman–Crippen LogP) is 5.13. The molecule has 1 aliphatic heterocycles. The summed E-state index contributed by atoms with van der Waals surface area (Å²) in [6.07, 6.45) is -0.338. The number of carbonyl (C=O) groups excluding carboxylic acids is 2. The number of carbonyl (C=O) groups is 2. The summed E-state index contributed by atoms with van der Waals surface area (Å²) in [5, 5.41) is 49.2. The summed E-state index contributed by atoms with van der Waals surface area (Å²) in [4.78, 5) is 26.4. The first-order valence-electron chi connectivity index (χ1n) is 11.9. The van der Waals surface area contributed by atoms with Crippen LogP contribution in [0, 0.1) is 0 Å². The number of hydrogen-bond donors (Lipinski definition) is 5. The van der Waals surface area contributed by atoms with Gasteiger partial charge in [0, 0.05) is 24.1 Å². The van der Waals surface area contributed by atoms with Crippen LogP contribution in [-0.2, 0) is 6.42 Å². The van der Waals surface area contributed by atoms with Crippen molar-refractivity contribution in [2.45, 2.75) is 24.9 Å². The predicted molar refractivity (Wildman–Crippen MR) is 137 cm³/mol. The Balaban J connectivity index is 1.47. The molecule has 0 fully saturated rings. The second-order valence-electron chi connectivity index (χ2n) is 9.17. The topological polar surface area (TPSA) is 145 Å². The maximum Gasteiger partial charge on any atom is 0.178 e. The molecule has 0 unspecified atom stereocenters. The monoisotopic (exact) mass is 512 g/mol. The molecule has 1 heterocycles. The second kappa shape index (κ2) is 9.82. The Morgan fingerprint density at radius 2 is 1.29 bits per heavy atom. The van der Waals surface area contributed by atoms with Crippen LogP contribution in [0.5, 0.6) is 34.5 Å². The highest BCUT2D eigenvalue weighted by atomic mass is 16.5. The molecule has 192 valence electrons. The van der Waals surface area contributed by atoms with Gasteiger partial charge in [0.05, 0.1) is 17.0 Å². The third-order valence-electron chi connectivity index (χ3n) is 6.64. The Bertz CT molecular complexity index is 1540. The Morgan fingerprint density at radius 1 is 0.684 bits per heavy atom. The molecular formula is C30H24O8. The van der Waals surface area contributed by atoms with Gasteiger partial charge in [-0.15, -0.1) is 0 Å². The molecule has 0 aliphatic carbocycles. The number of fused-ring (bicyclic) bond motifs is 1. The first-order chi connectivity index (χ1) is 18.2. The molecule has 4 aromatic rings. The largest absolute Gasteiger partial charge is 0.508 e. The van der Waals surface area contributed by atoms with Gasteiger partial charge in [0.15, 0.2) is 11.6 Å². The van der Waals surface area contributed by atoms with Crippen molar-refractivity contribution >= 4 is 11.6 Å².